The topological polar surface area (TPSA) is 96.4 Å². The van der Waals surface area contributed by atoms with Crippen molar-refractivity contribution in [3.8, 4) is 5.75 Å². The number of fused-ring (bicyclic) bond motifs is 1. The Balaban J connectivity index is 2.52. The Bertz CT molecular complexity index is 870. The van der Waals surface area contributed by atoms with Gasteiger partial charge in [-0.1, -0.05) is 25.1 Å². The monoisotopic (exact) mass is 440 g/mol. The zero-order valence-electron chi connectivity index (χ0n) is 18.2. The highest BCUT2D eigenvalue weighted by Crippen LogP contribution is 2.34. The third-order valence-electron chi connectivity index (χ3n) is 5.20. The van der Waals surface area contributed by atoms with Gasteiger partial charge in [-0.05, 0) is 31.5 Å². The maximum atomic E-state index is 13.4. The molecule has 168 valence electrons. The lowest BCUT2D eigenvalue weighted by atomic mass is 10.0. The van der Waals surface area contributed by atoms with Gasteiger partial charge in [-0.3, -0.25) is 4.79 Å². The normalized spacial score (nSPS) is 22.6. The summed E-state index contributed by atoms with van der Waals surface area (Å²) in [4.78, 5) is 13.8. The molecule has 1 aliphatic heterocycles. The number of benzene rings is 1. The fourth-order valence-corrected chi connectivity index (χ4v) is 5.19. The standard InChI is InChI=1S/C21H32N2O6S/c1-6-7-17-8-9-20-18(10-17)29-19(12-22(4)21(25)14-28-5)15(2)11-23(16(3)13-24)30(20,26)27/h6-10,15-16,19,24H,11-14H2,1-5H3/b7-6+/t15-,16-,19+/m1/s1. The molecule has 30 heavy (non-hydrogen) atoms. The number of hydrogen-bond donors (Lipinski definition) is 1. The van der Waals surface area contributed by atoms with E-state index >= 15 is 0 Å². The fourth-order valence-electron chi connectivity index (χ4n) is 3.36. The molecule has 0 saturated carbocycles. The van der Waals surface area contributed by atoms with Crippen LogP contribution in [0.4, 0.5) is 0 Å². The van der Waals surface area contributed by atoms with Gasteiger partial charge in [0, 0.05) is 32.7 Å². The van der Waals surface area contributed by atoms with Crippen molar-refractivity contribution >= 4 is 22.0 Å². The highest BCUT2D eigenvalue weighted by molar-refractivity contribution is 7.89. The third kappa shape index (κ3) is 5.40. The van der Waals surface area contributed by atoms with Crippen molar-refractivity contribution in [3.63, 3.8) is 0 Å². The molecule has 0 fully saturated rings. The molecular weight excluding hydrogens is 408 g/mol. The zero-order chi connectivity index (χ0) is 22.5. The van der Waals surface area contributed by atoms with Crippen LogP contribution >= 0.6 is 0 Å². The van der Waals surface area contributed by atoms with Crippen LogP contribution in [0.1, 0.15) is 26.3 Å². The van der Waals surface area contributed by atoms with E-state index in [4.69, 9.17) is 9.47 Å². The lowest BCUT2D eigenvalue weighted by molar-refractivity contribution is -0.135. The van der Waals surface area contributed by atoms with Crippen LogP contribution in [-0.2, 0) is 19.6 Å². The number of likely N-dealkylation sites (N-methyl/N-ethyl adjacent to an activating group) is 1. The second kappa shape index (κ2) is 10.4. The van der Waals surface area contributed by atoms with Gasteiger partial charge in [0.2, 0.25) is 15.9 Å². The molecule has 1 heterocycles. The van der Waals surface area contributed by atoms with Crippen molar-refractivity contribution in [1.29, 1.82) is 0 Å². The third-order valence-corrected chi connectivity index (χ3v) is 7.22. The molecule has 0 spiro atoms. The summed E-state index contributed by atoms with van der Waals surface area (Å²) in [5.41, 5.74) is 0.809. The van der Waals surface area contributed by atoms with E-state index in [1.54, 1.807) is 26.1 Å². The van der Waals surface area contributed by atoms with Gasteiger partial charge < -0.3 is 19.5 Å². The predicted molar refractivity (Wildman–Crippen MR) is 115 cm³/mol. The number of aliphatic hydroxyl groups excluding tert-OH is 1. The van der Waals surface area contributed by atoms with Crippen LogP contribution in [0.3, 0.4) is 0 Å². The molecule has 1 aromatic rings. The average molecular weight is 441 g/mol. The number of methoxy groups -OCH3 is 1. The minimum absolute atomic E-state index is 0.0400. The predicted octanol–water partition coefficient (Wildman–Crippen LogP) is 1.59. The Morgan fingerprint density at radius 2 is 2.17 bits per heavy atom. The Hall–Kier alpha value is -1.94. The maximum absolute atomic E-state index is 13.4. The smallest absolute Gasteiger partial charge is 0.248 e. The molecule has 8 nitrogen and oxygen atoms in total. The largest absolute Gasteiger partial charge is 0.487 e. The number of hydrogen-bond acceptors (Lipinski definition) is 6. The second-order valence-electron chi connectivity index (χ2n) is 7.65. The summed E-state index contributed by atoms with van der Waals surface area (Å²) in [6.45, 7) is 5.53. The molecule has 1 aromatic carbocycles. The van der Waals surface area contributed by atoms with E-state index in [0.717, 1.165) is 5.56 Å². The number of amides is 1. The molecule has 2 rings (SSSR count). The van der Waals surface area contributed by atoms with Gasteiger partial charge in [-0.15, -0.1) is 0 Å². The summed E-state index contributed by atoms with van der Waals surface area (Å²) < 4.78 is 39.1. The Kier molecular flexibility index (Phi) is 8.42. The molecule has 3 atom stereocenters. The van der Waals surface area contributed by atoms with Gasteiger partial charge in [0.05, 0.1) is 13.2 Å². The minimum Gasteiger partial charge on any atom is -0.487 e. The first kappa shape index (κ1) is 24.3. The van der Waals surface area contributed by atoms with E-state index in [1.165, 1.54) is 22.4 Å². The molecule has 0 unspecified atom stereocenters. The molecule has 1 amide bonds. The molecule has 0 aromatic heterocycles. The lowest BCUT2D eigenvalue weighted by Crippen LogP contribution is -2.50. The first-order valence-electron chi connectivity index (χ1n) is 9.94. The Morgan fingerprint density at radius 3 is 2.77 bits per heavy atom. The van der Waals surface area contributed by atoms with Crippen LogP contribution in [0.5, 0.6) is 5.75 Å². The van der Waals surface area contributed by atoms with Crippen LogP contribution in [0.2, 0.25) is 0 Å². The van der Waals surface area contributed by atoms with Gasteiger partial charge in [-0.25, -0.2) is 8.42 Å². The van der Waals surface area contributed by atoms with Gasteiger partial charge in [0.25, 0.3) is 0 Å². The highest BCUT2D eigenvalue weighted by Gasteiger charge is 2.38. The molecule has 0 bridgehead atoms. The van der Waals surface area contributed by atoms with Crippen LogP contribution in [-0.4, -0.2) is 81.2 Å². The van der Waals surface area contributed by atoms with E-state index < -0.39 is 22.2 Å². The number of ether oxygens (including phenoxy) is 2. The Labute approximate surface area is 179 Å². The fraction of sp³-hybridized carbons (Fsp3) is 0.571. The van der Waals surface area contributed by atoms with Crippen LogP contribution in [0, 0.1) is 5.92 Å². The van der Waals surface area contributed by atoms with Crippen LogP contribution in [0.25, 0.3) is 6.08 Å². The van der Waals surface area contributed by atoms with Crippen LogP contribution in [0.15, 0.2) is 29.2 Å². The van der Waals surface area contributed by atoms with Crippen molar-refractivity contribution < 1.29 is 27.8 Å². The molecule has 1 N–H and O–H groups in total. The van der Waals surface area contributed by atoms with E-state index in [1.807, 2.05) is 26.0 Å². The van der Waals surface area contributed by atoms with Crippen molar-refractivity contribution in [2.24, 2.45) is 5.92 Å². The van der Waals surface area contributed by atoms with E-state index in [9.17, 15) is 18.3 Å². The van der Waals surface area contributed by atoms with E-state index in [0.29, 0.717) is 0 Å². The van der Waals surface area contributed by atoms with Gasteiger partial charge >= 0.3 is 0 Å². The van der Waals surface area contributed by atoms with Crippen molar-refractivity contribution in [2.75, 3.05) is 40.5 Å². The quantitative estimate of drug-likeness (QED) is 0.692. The minimum atomic E-state index is -3.87. The first-order chi connectivity index (χ1) is 14.1. The molecule has 0 radical (unpaired) electrons. The first-order valence-corrected chi connectivity index (χ1v) is 11.4. The van der Waals surface area contributed by atoms with Crippen molar-refractivity contribution in [2.45, 2.75) is 37.8 Å². The molecule has 0 aliphatic carbocycles. The number of rotatable bonds is 7. The molecular formula is C21H32N2O6S. The SMILES string of the molecule is C/C=C/c1ccc2c(c1)O[C@@H](CN(C)C(=O)COC)[C@H](C)CN([C@H](C)CO)S2(=O)=O. The van der Waals surface area contributed by atoms with E-state index in [-0.39, 0.29) is 48.8 Å². The summed E-state index contributed by atoms with van der Waals surface area (Å²) in [6, 6.07) is 4.35. The summed E-state index contributed by atoms with van der Waals surface area (Å²) in [6.07, 6.45) is 3.27. The number of allylic oxidation sites excluding steroid dienone is 1. The number of carbonyl (C=O) groups is 1. The number of nitrogens with zero attached hydrogens (tertiary/aromatic N) is 2. The van der Waals surface area contributed by atoms with Gasteiger partial charge in [0.1, 0.15) is 23.4 Å². The Morgan fingerprint density at radius 1 is 1.47 bits per heavy atom. The maximum Gasteiger partial charge on any atom is 0.248 e. The van der Waals surface area contributed by atoms with Crippen molar-refractivity contribution in [1.82, 2.24) is 9.21 Å². The lowest BCUT2D eigenvalue weighted by Gasteiger charge is -2.37. The number of carbonyl (C=O) groups excluding carboxylic acids is 1. The summed E-state index contributed by atoms with van der Waals surface area (Å²) in [5.74, 6) is -0.179. The molecule has 9 heteroatoms. The van der Waals surface area contributed by atoms with Crippen LogP contribution < -0.4 is 4.74 Å². The highest BCUT2D eigenvalue weighted by atomic mass is 32.2. The number of sulfonamides is 1. The average Bonchev–Trinajstić information content (AvgIpc) is 2.70. The summed E-state index contributed by atoms with van der Waals surface area (Å²) in [5, 5.41) is 9.66. The summed E-state index contributed by atoms with van der Waals surface area (Å²) in [7, 11) is -0.750. The van der Waals surface area contributed by atoms with Gasteiger partial charge in [-0.2, -0.15) is 4.31 Å². The summed E-state index contributed by atoms with van der Waals surface area (Å²) >= 11 is 0. The number of aliphatic hydroxyl groups is 1. The molecule has 1 aliphatic rings. The van der Waals surface area contributed by atoms with Crippen molar-refractivity contribution in [3.05, 3.63) is 29.8 Å². The van der Waals surface area contributed by atoms with E-state index in [2.05, 4.69) is 0 Å². The van der Waals surface area contributed by atoms with Gasteiger partial charge in [0.15, 0.2) is 0 Å². The zero-order valence-corrected chi connectivity index (χ0v) is 19.1. The molecule has 0 saturated heterocycles. The second-order valence-corrected chi connectivity index (χ2v) is 9.51.